The van der Waals surface area contributed by atoms with Crippen LogP contribution in [0.3, 0.4) is 0 Å². The zero-order valence-electron chi connectivity index (χ0n) is 23.6. The first-order chi connectivity index (χ1) is 20.8. The lowest BCUT2D eigenvalue weighted by Gasteiger charge is -2.18. The molecule has 0 saturated carbocycles. The van der Waals surface area contributed by atoms with Crippen molar-refractivity contribution in [1.82, 2.24) is 14.5 Å². The average molecular weight is 583 g/mol. The number of hydrogen-bond donors (Lipinski definition) is 2. The number of rotatable bonds is 10. The number of fused-ring (bicyclic) bond motifs is 1. The Morgan fingerprint density at radius 2 is 1.67 bits per heavy atom. The number of amides is 4. The van der Waals surface area contributed by atoms with E-state index in [-0.39, 0.29) is 17.8 Å². The summed E-state index contributed by atoms with van der Waals surface area (Å²) >= 11 is 0. The molecule has 0 radical (unpaired) electrons. The fourth-order valence-corrected chi connectivity index (χ4v) is 4.92. The fraction of sp³-hybridized carbons (Fsp3) is 0.219. The number of benzene rings is 3. The maximum atomic E-state index is 13.1. The maximum Gasteiger partial charge on any atom is 0.258 e. The maximum absolute atomic E-state index is 13.1. The molecule has 5 rings (SSSR count). The fourth-order valence-electron chi connectivity index (χ4n) is 4.92. The van der Waals surface area contributed by atoms with E-state index in [1.807, 2.05) is 27.7 Å². The van der Waals surface area contributed by atoms with E-state index < -0.39 is 17.6 Å². The van der Waals surface area contributed by atoms with Gasteiger partial charge in [-0.2, -0.15) is 0 Å². The third-order valence-corrected chi connectivity index (χ3v) is 7.16. The zero-order valence-corrected chi connectivity index (χ0v) is 23.6. The van der Waals surface area contributed by atoms with E-state index in [2.05, 4.69) is 15.6 Å². The van der Waals surface area contributed by atoms with Crippen LogP contribution in [0.25, 0.3) is 11.0 Å². The summed E-state index contributed by atoms with van der Waals surface area (Å²) in [6.45, 7) is 1.80. The van der Waals surface area contributed by atoms with E-state index in [0.29, 0.717) is 48.4 Å². The number of likely N-dealkylation sites (tertiary alicyclic amines) is 1. The normalized spacial score (nSPS) is 13.1. The zero-order chi connectivity index (χ0) is 30.3. The van der Waals surface area contributed by atoms with Crippen LogP contribution < -0.4 is 15.5 Å². The summed E-state index contributed by atoms with van der Waals surface area (Å²) in [5.41, 5.74) is 2.88. The minimum atomic E-state index is -0.572. The number of nitrogens with zero attached hydrogens (tertiary/aromatic N) is 4. The summed E-state index contributed by atoms with van der Waals surface area (Å²) in [6, 6.07) is 19.7. The molecule has 0 spiro atoms. The summed E-state index contributed by atoms with van der Waals surface area (Å²) in [7, 11) is 1.69. The Hall–Kier alpha value is -5.32. The molecule has 1 aliphatic heterocycles. The third kappa shape index (κ3) is 7.13. The van der Waals surface area contributed by atoms with E-state index >= 15 is 0 Å². The van der Waals surface area contributed by atoms with Crippen molar-refractivity contribution < 1.29 is 23.6 Å². The standard InChI is InChI=1S/C32H31FN6O4/c1-37(31(43)22-7-3-2-4-8-22)25-14-15-27-26(21-25)35-32(39(27)20-6-19-38-18-5-9-30(38)42)36-29(41)17-16-28(40)34-24-12-10-23(33)11-13-24/h2-4,7-8,10-17,21H,5-6,9,18-20H2,1H3,(H,34,40)(H,35,36,41). The summed E-state index contributed by atoms with van der Waals surface area (Å²) in [5, 5.41) is 5.31. The van der Waals surface area contributed by atoms with Crippen molar-refractivity contribution in [2.75, 3.05) is 35.7 Å². The molecule has 0 unspecified atom stereocenters. The Labute approximate surface area is 247 Å². The minimum absolute atomic E-state index is 0.142. The molecule has 220 valence electrons. The number of imidazole rings is 1. The number of carbonyl (C=O) groups is 4. The molecule has 10 nitrogen and oxygen atoms in total. The van der Waals surface area contributed by atoms with E-state index in [4.69, 9.17) is 0 Å². The molecule has 0 bridgehead atoms. The van der Waals surface area contributed by atoms with Crippen molar-refractivity contribution in [1.29, 1.82) is 0 Å². The topological polar surface area (TPSA) is 117 Å². The summed E-state index contributed by atoms with van der Waals surface area (Å²) < 4.78 is 15.0. The monoisotopic (exact) mass is 582 g/mol. The van der Waals surface area contributed by atoms with Gasteiger partial charge in [0.15, 0.2) is 0 Å². The van der Waals surface area contributed by atoms with E-state index in [1.165, 1.54) is 29.2 Å². The Morgan fingerprint density at radius 3 is 2.37 bits per heavy atom. The molecular formula is C32H31FN6O4. The van der Waals surface area contributed by atoms with Gasteiger partial charge in [-0.25, -0.2) is 9.37 Å². The van der Waals surface area contributed by atoms with Crippen LogP contribution in [0, 0.1) is 5.82 Å². The van der Waals surface area contributed by atoms with Gasteiger partial charge in [0.1, 0.15) is 5.82 Å². The van der Waals surface area contributed by atoms with Crippen molar-refractivity contribution in [3.05, 3.63) is 96.3 Å². The van der Waals surface area contributed by atoms with Gasteiger partial charge in [0.2, 0.25) is 17.8 Å². The van der Waals surface area contributed by atoms with E-state index in [0.717, 1.165) is 30.6 Å². The molecular weight excluding hydrogens is 551 g/mol. The Bertz CT molecular complexity index is 1680. The van der Waals surface area contributed by atoms with Crippen molar-refractivity contribution in [3.63, 3.8) is 0 Å². The molecule has 0 atom stereocenters. The van der Waals surface area contributed by atoms with Crippen molar-refractivity contribution in [3.8, 4) is 0 Å². The molecule has 3 aromatic carbocycles. The quantitative estimate of drug-likeness (QED) is 0.265. The minimum Gasteiger partial charge on any atom is -0.343 e. The summed E-state index contributed by atoms with van der Waals surface area (Å²) in [5.74, 6) is -1.32. The number of halogens is 1. The molecule has 11 heteroatoms. The first kappa shape index (κ1) is 29.2. The first-order valence-corrected chi connectivity index (χ1v) is 14.0. The number of carbonyl (C=O) groups excluding carboxylic acids is 4. The van der Waals surface area contributed by atoms with Gasteiger partial charge in [-0.05, 0) is 67.4 Å². The molecule has 1 saturated heterocycles. The lowest BCUT2D eigenvalue weighted by atomic mass is 10.2. The summed E-state index contributed by atoms with van der Waals surface area (Å²) in [6.07, 6.45) is 4.22. The lowest BCUT2D eigenvalue weighted by Crippen LogP contribution is -2.26. The van der Waals surface area contributed by atoms with Crippen LogP contribution in [0.1, 0.15) is 29.6 Å². The number of aryl methyl sites for hydroxylation is 1. The number of nitrogens with one attached hydrogen (secondary N) is 2. The van der Waals surface area contributed by atoms with Gasteiger partial charge in [0, 0.05) is 62.2 Å². The molecule has 1 aliphatic rings. The lowest BCUT2D eigenvalue weighted by molar-refractivity contribution is -0.127. The van der Waals surface area contributed by atoms with Gasteiger partial charge in [-0.1, -0.05) is 18.2 Å². The van der Waals surface area contributed by atoms with Crippen molar-refractivity contribution >= 4 is 52.0 Å². The smallest absolute Gasteiger partial charge is 0.258 e. The largest absolute Gasteiger partial charge is 0.343 e. The van der Waals surface area contributed by atoms with Gasteiger partial charge in [0.25, 0.3) is 11.8 Å². The SMILES string of the molecule is CN(C(=O)c1ccccc1)c1ccc2c(c1)nc(NC(=O)C=CC(=O)Nc1ccc(F)cc1)n2CCCN1CCCC1=O. The highest BCUT2D eigenvalue weighted by Crippen LogP contribution is 2.26. The molecule has 43 heavy (non-hydrogen) atoms. The Morgan fingerprint density at radius 1 is 0.953 bits per heavy atom. The van der Waals surface area contributed by atoms with Crippen molar-refractivity contribution in [2.24, 2.45) is 0 Å². The van der Waals surface area contributed by atoms with Crippen LogP contribution in [-0.4, -0.2) is 58.2 Å². The van der Waals surface area contributed by atoms with Crippen LogP contribution in [0.4, 0.5) is 21.7 Å². The summed E-state index contributed by atoms with van der Waals surface area (Å²) in [4.78, 5) is 58.1. The van der Waals surface area contributed by atoms with Gasteiger partial charge in [0.05, 0.1) is 11.0 Å². The van der Waals surface area contributed by atoms with E-state index in [1.54, 1.807) is 37.4 Å². The second-order valence-electron chi connectivity index (χ2n) is 10.1. The highest BCUT2D eigenvalue weighted by molar-refractivity contribution is 6.08. The molecule has 2 heterocycles. The highest BCUT2D eigenvalue weighted by atomic mass is 19.1. The van der Waals surface area contributed by atoms with Crippen LogP contribution in [-0.2, 0) is 20.9 Å². The number of anilines is 3. The molecule has 2 N–H and O–H groups in total. The van der Waals surface area contributed by atoms with Gasteiger partial charge >= 0.3 is 0 Å². The highest BCUT2D eigenvalue weighted by Gasteiger charge is 2.21. The van der Waals surface area contributed by atoms with E-state index in [9.17, 15) is 23.6 Å². The van der Waals surface area contributed by atoms with Gasteiger partial charge in [-0.15, -0.1) is 0 Å². The van der Waals surface area contributed by atoms with Crippen LogP contribution in [0.2, 0.25) is 0 Å². The van der Waals surface area contributed by atoms with Gasteiger partial charge < -0.3 is 19.7 Å². The molecule has 4 amide bonds. The van der Waals surface area contributed by atoms with Crippen molar-refractivity contribution in [2.45, 2.75) is 25.8 Å². The predicted molar refractivity (Wildman–Crippen MR) is 162 cm³/mol. The Kier molecular flexibility index (Phi) is 8.90. The van der Waals surface area contributed by atoms with Crippen LogP contribution >= 0.6 is 0 Å². The second kappa shape index (κ2) is 13.1. The van der Waals surface area contributed by atoms with Crippen LogP contribution in [0.15, 0.2) is 84.9 Å². The molecule has 0 aliphatic carbocycles. The molecule has 1 aromatic heterocycles. The first-order valence-electron chi connectivity index (χ1n) is 14.0. The number of aromatic nitrogens is 2. The van der Waals surface area contributed by atoms with Crippen LogP contribution in [0.5, 0.6) is 0 Å². The van der Waals surface area contributed by atoms with Gasteiger partial charge in [-0.3, -0.25) is 24.5 Å². The third-order valence-electron chi connectivity index (χ3n) is 7.16. The second-order valence-corrected chi connectivity index (χ2v) is 10.1. The Balaban J connectivity index is 1.34. The predicted octanol–water partition coefficient (Wildman–Crippen LogP) is 4.60. The molecule has 1 fully saturated rings. The average Bonchev–Trinajstić information content (AvgIpc) is 3.58. The molecule has 4 aromatic rings. The number of hydrogen-bond acceptors (Lipinski definition) is 5.